The predicted molar refractivity (Wildman–Crippen MR) is 130 cm³/mol. The number of nitrogens with zero attached hydrogens (tertiary/aromatic N) is 2. The number of hydrogen-bond donors (Lipinski definition) is 3. The van der Waals surface area contributed by atoms with Gasteiger partial charge < -0.3 is 20.4 Å². The van der Waals surface area contributed by atoms with Gasteiger partial charge in [-0.15, -0.1) is 0 Å². The molecule has 0 saturated heterocycles. The molecule has 2 fully saturated rings. The number of hydrogen-bond acceptors (Lipinski definition) is 5. The summed E-state index contributed by atoms with van der Waals surface area (Å²) < 4.78 is 19.9. The first-order valence-electron chi connectivity index (χ1n) is 12.2. The second-order valence-electron chi connectivity index (χ2n) is 9.69. The lowest BCUT2D eigenvalue weighted by molar-refractivity contribution is -0.119. The van der Waals surface area contributed by atoms with E-state index in [0.717, 1.165) is 38.5 Å². The van der Waals surface area contributed by atoms with Crippen LogP contribution in [0.3, 0.4) is 0 Å². The van der Waals surface area contributed by atoms with Crippen molar-refractivity contribution in [3.05, 3.63) is 41.6 Å². The van der Waals surface area contributed by atoms with Crippen molar-refractivity contribution in [1.29, 1.82) is 0 Å². The smallest absolute Gasteiger partial charge is 0.255 e. The lowest BCUT2D eigenvalue weighted by Crippen LogP contribution is -2.43. The molecule has 2 saturated carbocycles. The minimum atomic E-state index is -0.374. The van der Waals surface area contributed by atoms with Gasteiger partial charge in [-0.05, 0) is 63.5 Å². The Hall–Kier alpha value is -3.49. The Morgan fingerprint density at radius 2 is 1.80 bits per heavy atom. The third kappa shape index (κ3) is 5.13. The van der Waals surface area contributed by atoms with Gasteiger partial charge in [0.1, 0.15) is 29.1 Å². The monoisotopic (exact) mass is 479 g/mol. The van der Waals surface area contributed by atoms with E-state index in [1.165, 1.54) is 25.4 Å². The summed E-state index contributed by atoms with van der Waals surface area (Å²) in [6.07, 6.45) is 6.95. The first kappa shape index (κ1) is 23.3. The van der Waals surface area contributed by atoms with Crippen LogP contribution in [-0.2, 0) is 4.79 Å². The van der Waals surface area contributed by atoms with Gasteiger partial charge in [0.05, 0.1) is 17.7 Å². The number of benzene rings is 1. The number of carbonyl (C=O) groups excluding carboxylic acids is 2. The number of aromatic amines is 1. The Bertz CT molecular complexity index is 1260. The van der Waals surface area contributed by atoms with Crippen molar-refractivity contribution in [2.75, 3.05) is 6.61 Å². The molecule has 9 heteroatoms. The second-order valence-corrected chi connectivity index (χ2v) is 9.69. The van der Waals surface area contributed by atoms with Crippen LogP contribution in [0.2, 0.25) is 0 Å². The highest BCUT2D eigenvalue weighted by Crippen LogP contribution is 2.36. The molecule has 2 heterocycles. The molecule has 2 amide bonds. The Kier molecular flexibility index (Phi) is 6.40. The molecular weight excluding hydrogens is 449 g/mol. The SMILES string of the molecule is CC(=O)NC1CCC(NC(=O)c2c(C)[nH]c3c(-c4ccc(F)cc4OCC4CC4)ncnc23)CC1. The molecule has 2 aliphatic rings. The van der Waals surface area contributed by atoms with E-state index < -0.39 is 0 Å². The second kappa shape index (κ2) is 9.64. The van der Waals surface area contributed by atoms with Crippen LogP contribution in [0.15, 0.2) is 24.5 Å². The Morgan fingerprint density at radius 3 is 2.49 bits per heavy atom. The van der Waals surface area contributed by atoms with Gasteiger partial charge in [0.2, 0.25) is 5.91 Å². The van der Waals surface area contributed by atoms with Crippen molar-refractivity contribution in [3.8, 4) is 17.0 Å². The first-order chi connectivity index (χ1) is 16.9. The zero-order valence-corrected chi connectivity index (χ0v) is 20.0. The van der Waals surface area contributed by atoms with Gasteiger partial charge in [-0.2, -0.15) is 0 Å². The largest absolute Gasteiger partial charge is 0.492 e. The Balaban J connectivity index is 1.39. The van der Waals surface area contributed by atoms with Gasteiger partial charge in [0.25, 0.3) is 5.91 Å². The van der Waals surface area contributed by atoms with Crippen LogP contribution in [0.1, 0.15) is 61.5 Å². The van der Waals surface area contributed by atoms with Gasteiger partial charge in [0.15, 0.2) is 0 Å². The molecule has 35 heavy (non-hydrogen) atoms. The van der Waals surface area contributed by atoms with Crippen molar-refractivity contribution in [2.45, 2.75) is 64.5 Å². The van der Waals surface area contributed by atoms with E-state index in [1.54, 1.807) is 6.07 Å². The summed E-state index contributed by atoms with van der Waals surface area (Å²) in [4.78, 5) is 36.7. The van der Waals surface area contributed by atoms with Gasteiger partial charge >= 0.3 is 0 Å². The molecular formula is C26H30FN5O3. The number of halogens is 1. The standard InChI is InChI=1S/C26H30FN5O3/c1-14-22(26(34)32-19-8-6-18(7-9-19)31-15(2)33)24-25(30-14)23(28-13-29-24)20-10-5-17(27)11-21(20)35-12-16-3-4-16/h5,10-11,13,16,18-19,30H,3-4,6-9,12H2,1-2H3,(H,31,33)(H,32,34). The molecule has 0 bridgehead atoms. The molecule has 0 radical (unpaired) electrons. The van der Waals surface area contributed by atoms with E-state index >= 15 is 0 Å². The number of amides is 2. The van der Waals surface area contributed by atoms with Gasteiger partial charge in [0, 0.05) is 36.3 Å². The van der Waals surface area contributed by atoms with Crippen molar-refractivity contribution in [2.24, 2.45) is 5.92 Å². The number of rotatable bonds is 7. The molecule has 1 aromatic carbocycles. The third-order valence-corrected chi connectivity index (χ3v) is 6.84. The highest BCUT2D eigenvalue weighted by molar-refractivity contribution is 6.09. The lowest BCUT2D eigenvalue weighted by atomic mass is 9.91. The molecule has 2 aliphatic carbocycles. The van der Waals surface area contributed by atoms with Crippen LogP contribution in [0.5, 0.6) is 5.75 Å². The Labute approximate surface area is 203 Å². The third-order valence-electron chi connectivity index (χ3n) is 6.84. The van der Waals surface area contributed by atoms with E-state index in [4.69, 9.17) is 4.74 Å². The van der Waals surface area contributed by atoms with E-state index in [9.17, 15) is 14.0 Å². The number of fused-ring (bicyclic) bond motifs is 1. The number of ether oxygens (including phenoxy) is 1. The Morgan fingerprint density at radius 1 is 1.09 bits per heavy atom. The van der Waals surface area contributed by atoms with E-state index in [0.29, 0.717) is 51.8 Å². The number of H-pyrrole nitrogens is 1. The molecule has 0 spiro atoms. The summed E-state index contributed by atoms with van der Waals surface area (Å²) >= 11 is 0. The lowest BCUT2D eigenvalue weighted by Gasteiger charge is -2.29. The summed E-state index contributed by atoms with van der Waals surface area (Å²) in [6.45, 7) is 3.91. The molecule has 0 atom stereocenters. The van der Waals surface area contributed by atoms with Gasteiger partial charge in [-0.1, -0.05) is 0 Å². The average molecular weight is 480 g/mol. The number of aryl methyl sites for hydroxylation is 1. The van der Waals surface area contributed by atoms with Crippen molar-refractivity contribution in [1.82, 2.24) is 25.6 Å². The van der Waals surface area contributed by atoms with Crippen molar-refractivity contribution < 1.29 is 18.7 Å². The maximum atomic E-state index is 14.0. The van der Waals surface area contributed by atoms with Gasteiger partial charge in [-0.25, -0.2) is 14.4 Å². The molecule has 0 aliphatic heterocycles. The molecule has 3 N–H and O–H groups in total. The quantitative estimate of drug-likeness (QED) is 0.474. The summed E-state index contributed by atoms with van der Waals surface area (Å²) in [5.41, 5.74) is 3.54. The molecule has 2 aromatic heterocycles. The van der Waals surface area contributed by atoms with Crippen LogP contribution in [-0.4, -0.2) is 45.5 Å². The fourth-order valence-corrected chi connectivity index (χ4v) is 4.83. The average Bonchev–Trinajstić information content (AvgIpc) is 3.58. The minimum Gasteiger partial charge on any atom is -0.492 e. The van der Waals surface area contributed by atoms with E-state index in [-0.39, 0.29) is 29.7 Å². The maximum absolute atomic E-state index is 14.0. The number of nitrogens with one attached hydrogen (secondary N) is 3. The van der Waals surface area contributed by atoms with E-state index in [1.807, 2.05) is 6.92 Å². The van der Waals surface area contributed by atoms with Crippen molar-refractivity contribution in [3.63, 3.8) is 0 Å². The molecule has 8 nitrogen and oxygen atoms in total. The van der Waals surface area contributed by atoms with Crippen LogP contribution in [0.4, 0.5) is 4.39 Å². The van der Waals surface area contributed by atoms with Gasteiger partial charge in [-0.3, -0.25) is 9.59 Å². The zero-order chi connectivity index (χ0) is 24.5. The summed E-state index contributed by atoms with van der Waals surface area (Å²) in [5, 5.41) is 6.10. The molecule has 184 valence electrons. The minimum absolute atomic E-state index is 0.0235. The van der Waals surface area contributed by atoms with Crippen LogP contribution >= 0.6 is 0 Å². The summed E-state index contributed by atoms with van der Waals surface area (Å²) in [7, 11) is 0. The number of aromatic nitrogens is 3. The molecule has 0 unspecified atom stereocenters. The fourth-order valence-electron chi connectivity index (χ4n) is 4.83. The highest BCUT2D eigenvalue weighted by atomic mass is 19.1. The zero-order valence-electron chi connectivity index (χ0n) is 20.0. The fraction of sp³-hybridized carbons (Fsp3) is 0.462. The van der Waals surface area contributed by atoms with E-state index in [2.05, 4.69) is 25.6 Å². The van der Waals surface area contributed by atoms with Crippen molar-refractivity contribution >= 4 is 22.8 Å². The molecule has 3 aromatic rings. The normalized spacial score (nSPS) is 20.0. The summed E-state index contributed by atoms with van der Waals surface area (Å²) in [5.74, 6) is 0.370. The first-order valence-corrected chi connectivity index (χ1v) is 12.2. The van der Waals surface area contributed by atoms with Crippen LogP contribution in [0, 0.1) is 18.7 Å². The number of carbonyl (C=O) groups is 2. The van der Waals surface area contributed by atoms with Crippen LogP contribution < -0.4 is 15.4 Å². The molecule has 5 rings (SSSR count). The van der Waals surface area contributed by atoms with Crippen LogP contribution in [0.25, 0.3) is 22.3 Å². The maximum Gasteiger partial charge on any atom is 0.255 e. The highest BCUT2D eigenvalue weighted by Gasteiger charge is 2.27. The topological polar surface area (TPSA) is 109 Å². The summed E-state index contributed by atoms with van der Waals surface area (Å²) in [6, 6.07) is 4.62. The predicted octanol–water partition coefficient (Wildman–Crippen LogP) is 4.04.